The number of nitrogens with zero attached hydrogens (tertiary/aromatic N) is 3. The van der Waals surface area contributed by atoms with Gasteiger partial charge in [0, 0.05) is 39.9 Å². The Bertz CT molecular complexity index is 392. The van der Waals surface area contributed by atoms with Crippen LogP contribution in [0.25, 0.3) is 0 Å². The molecule has 0 aliphatic carbocycles. The third-order valence-corrected chi connectivity index (χ3v) is 3.07. The average Bonchev–Trinajstić information content (AvgIpc) is 2.61. The van der Waals surface area contributed by atoms with Gasteiger partial charge in [0.25, 0.3) is 0 Å². The van der Waals surface area contributed by atoms with E-state index < -0.39 is 6.10 Å². The number of ether oxygens (including phenoxy) is 1. The topological polar surface area (TPSA) is 62.6 Å². The fourth-order valence-electron chi connectivity index (χ4n) is 2.27. The summed E-state index contributed by atoms with van der Waals surface area (Å²) in [7, 11) is 5.48. The number of aromatic nitrogens is 2. The summed E-state index contributed by atoms with van der Waals surface area (Å²) in [6.07, 6.45) is -0.503. The van der Waals surface area contributed by atoms with Crippen LogP contribution in [-0.2, 0) is 18.3 Å². The first-order valence-electron chi connectivity index (χ1n) is 6.62. The van der Waals surface area contributed by atoms with Crippen molar-refractivity contribution in [2.24, 2.45) is 7.05 Å². The second-order valence-electron chi connectivity index (χ2n) is 4.78. The molecule has 0 radical (unpaired) electrons. The molecule has 6 heteroatoms. The van der Waals surface area contributed by atoms with E-state index in [-0.39, 0.29) is 0 Å². The van der Waals surface area contributed by atoms with Gasteiger partial charge >= 0.3 is 0 Å². The summed E-state index contributed by atoms with van der Waals surface area (Å²) >= 11 is 0. The second kappa shape index (κ2) is 7.47. The van der Waals surface area contributed by atoms with Crippen molar-refractivity contribution in [3.05, 3.63) is 11.3 Å². The zero-order valence-corrected chi connectivity index (χ0v) is 12.6. The largest absolute Gasteiger partial charge is 0.389 e. The lowest BCUT2D eigenvalue weighted by Crippen LogP contribution is -2.33. The predicted octanol–water partition coefficient (Wildman–Crippen LogP) is 0.282. The average molecular weight is 270 g/mol. The van der Waals surface area contributed by atoms with Crippen LogP contribution in [0.4, 0.5) is 5.82 Å². The smallest absolute Gasteiger partial charge is 0.131 e. The Morgan fingerprint density at radius 1 is 1.53 bits per heavy atom. The van der Waals surface area contributed by atoms with E-state index in [0.717, 1.165) is 24.6 Å². The molecule has 0 fully saturated rings. The molecule has 0 bridgehead atoms. The molecule has 0 aromatic carbocycles. The Balaban J connectivity index is 2.85. The van der Waals surface area contributed by atoms with E-state index in [1.165, 1.54) is 5.56 Å². The minimum atomic E-state index is -0.503. The molecule has 0 aliphatic heterocycles. The van der Waals surface area contributed by atoms with Crippen LogP contribution in [0, 0.1) is 6.92 Å². The third kappa shape index (κ3) is 4.19. The van der Waals surface area contributed by atoms with Crippen molar-refractivity contribution in [3.63, 3.8) is 0 Å². The van der Waals surface area contributed by atoms with Crippen molar-refractivity contribution in [1.82, 2.24) is 15.1 Å². The highest BCUT2D eigenvalue weighted by Crippen LogP contribution is 2.22. The Labute approximate surface area is 115 Å². The fraction of sp³-hybridized carbons (Fsp3) is 0.769. The van der Waals surface area contributed by atoms with E-state index in [2.05, 4.69) is 17.3 Å². The number of hydrogen-bond donors (Lipinski definition) is 2. The highest BCUT2D eigenvalue weighted by molar-refractivity contribution is 5.49. The summed E-state index contributed by atoms with van der Waals surface area (Å²) in [6.45, 7) is 6.66. The summed E-state index contributed by atoms with van der Waals surface area (Å²) in [4.78, 5) is 2.02. The number of aliphatic hydroxyl groups excluding tert-OH is 1. The van der Waals surface area contributed by atoms with Crippen LogP contribution in [0.5, 0.6) is 0 Å². The molecule has 0 saturated carbocycles. The standard InChI is InChI=1S/C13H26N4O2/c1-6-14-7-12-10(2)15-17(4)13(12)16(3)8-11(18)9-19-5/h11,14,18H,6-9H2,1-5H3. The van der Waals surface area contributed by atoms with Crippen LogP contribution in [0.1, 0.15) is 18.2 Å². The van der Waals surface area contributed by atoms with Crippen molar-refractivity contribution in [3.8, 4) is 0 Å². The lowest BCUT2D eigenvalue weighted by molar-refractivity contribution is 0.0693. The molecule has 6 nitrogen and oxygen atoms in total. The first-order valence-corrected chi connectivity index (χ1v) is 6.62. The van der Waals surface area contributed by atoms with E-state index in [9.17, 15) is 5.11 Å². The molecule has 1 heterocycles. The van der Waals surface area contributed by atoms with Gasteiger partial charge in [-0.1, -0.05) is 6.92 Å². The number of anilines is 1. The third-order valence-electron chi connectivity index (χ3n) is 3.07. The van der Waals surface area contributed by atoms with Gasteiger partial charge in [-0.2, -0.15) is 5.10 Å². The molecule has 0 spiro atoms. The second-order valence-corrected chi connectivity index (χ2v) is 4.78. The van der Waals surface area contributed by atoms with Crippen LogP contribution in [0.3, 0.4) is 0 Å². The van der Waals surface area contributed by atoms with Crippen molar-refractivity contribution in [2.75, 3.05) is 38.8 Å². The quantitative estimate of drug-likeness (QED) is 0.710. The summed E-state index contributed by atoms with van der Waals surface area (Å²) in [5, 5.41) is 17.6. The number of rotatable bonds is 8. The van der Waals surface area contributed by atoms with E-state index >= 15 is 0 Å². The molecule has 2 N–H and O–H groups in total. The molecule has 1 rings (SSSR count). The maximum absolute atomic E-state index is 9.83. The van der Waals surface area contributed by atoms with Gasteiger partial charge in [0.2, 0.25) is 0 Å². The predicted molar refractivity (Wildman–Crippen MR) is 76.5 cm³/mol. The van der Waals surface area contributed by atoms with Gasteiger partial charge in [0.05, 0.1) is 18.4 Å². The summed E-state index contributed by atoms with van der Waals surface area (Å²) in [6, 6.07) is 0. The van der Waals surface area contributed by atoms with Crippen molar-refractivity contribution < 1.29 is 9.84 Å². The molecule has 1 aromatic rings. The first kappa shape index (κ1) is 15.9. The lowest BCUT2D eigenvalue weighted by Gasteiger charge is -2.23. The molecule has 0 aliphatic rings. The van der Waals surface area contributed by atoms with Crippen LogP contribution in [0.2, 0.25) is 0 Å². The Kier molecular flexibility index (Phi) is 6.27. The Hall–Kier alpha value is -1.11. The van der Waals surface area contributed by atoms with Crippen molar-refractivity contribution in [2.45, 2.75) is 26.5 Å². The highest BCUT2D eigenvalue weighted by Gasteiger charge is 2.18. The van der Waals surface area contributed by atoms with Crippen molar-refractivity contribution >= 4 is 5.82 Å². The van der Waals surface area contributed by atoms with Crippen LogP contribution >= 0.6 is 0 Å². The summed E-state index contributed by atoms with van der Waals surface area (Å²) < 4.78 is 6.82. The number of methoxy groups -OCH3 is 1. The molecule has 1 atom stereocenters. The van der Waals surface area contributed by atoms with Crippen LogP contribution in [-0.4, -0.2) is 54.8 Å². The lowest BCUT2D eigenvalue weighted by atomic mass is 10.2. The molecule has 19 heavy (non-hydrogen) atoms. The maximum Gasteiger partial charge on any atom is 0.131 e. The highest BCUT2D eigenvalue weighted by atomic mass is 16.5. The van der Waals surface area contributed by atoms with Gasteiger partial charge in [-0.15, -0.1) is 0 Å². The van der Waals surface area contributed by atoms with Gasteiger partial charge in [0.15, 0.2) is 0 Å². The van der Waals surface area contributed by atoms with Gasteiger partial charge in [0.1, 0.15) is 5.82 Å². The fourth-order valence-corrected chi connectivity index (χ4v) is 2.27. The van der Waals surface area contributed by atoms with E-state index in [1.807, 2.05) is 30.6 Å². The Morgan fingerprint density at radius 2 is 2.21 bits per heavy atom. The number of aryl methyl sites for hydroxylation is 2. The number of aliphatic hydroxyl groups is 1. The van der Waals surface area contributed by atoms with E-state index in [0.29, 0.717) is 13.2 Å². The molecular weight excluding hydrogens is 244 g/mol. The molecule has 1 unspecified atom stereocenters. The first-order chi connectivity index (χ1) is 9.01. The van der Waals surface area contributed by atoms with Crippen LogP contribution in [0.15, 0.2) is 0 Å². The molecular formula is C13H26N4O2. The number of likely N-dealkylation sites (N-methyl/N-ethyl adjacent to an activating group) is 1. The zero-order valence-electron chi connectivity index (χ0n) is 12.6. The minimum Gasteiger partial charge on any atom is -0.389 e. The monoisotopic (exact) mass is 270 g/mol. The molecule has 1 aromatic heterocycles. The summed E-state index contributed by atoms with van der Waals surface area (Å²) in [5.41, 5.74) is 2.20. The van der Waals surface area contributed by atoms with Gasteiger partial charge < -0.3 is 20.1 Å². The minimum absolute atomic E-state index is 0.337. The maximum atomic E-state index is 9.83. The Morgan fingerprint density at radius 3 is 2.79 bits per heavy atom. The summed E-state index contributed by atoms with van der Waals surface area (Å²) in [5.74, 6) is 1.04. The molecule has 110 valence electrons. The van der Waals surface area contributed by atoms with Gasteiger partial charge in [-0.05, 0) is 13.5 Å². The normalized spacial score (nSPS) is 12.7. The zero-order chi connectivity index (χ0) is 14.4. The SMILES string of the molecule is CCNCc1c(C)nn(C)c1N(C)CC(O)COC. The van der Waals surface area contributed by atoms with Crippen LogP contribution < -0.4 is 10.2 Å². The van der Waals surface area contributed by atoms with Crippen molar-refractivity contribution in [1.29, 1.82) is 0 Å². The molecule has 0 amide bonds. The number of hydrogen-bond acceptors (Lipinski definition) is 5. The number of nitrogens with one attached hydrogen (secondary N) is 1. The van der Waals surface area contributed by atoms with E-state index in [4.69, 9.17) is 4.74 Å². The van der Waals surface area contributed by atoms with E-state index in [1.54, 1.807) is 7.11 Å². The molecule has 0 saturated heterocycles. The van der Waals surface area contributed by atoms with Gasteiger partial charge in [-0.3, -0.25) is 4.68 Å². The van der Waals surface area contributed by atoms with Gasteiger partial charge in [-0.25, -0.2) is 0 Å².